The molecule has 3 aromatic rings. The Morgan fingerprint density at radius 2 is 2.00 bits per heavy atom. The molecule has 25 heavy (non-hydrogen) atoms. The Hall–Kier alpha value is -2.67. The summed E-state index contributed by atoms with van der Waals surface area (Å²) in [5.74, 6) is 0.283. The number of imidazole rings is 1. The third-order valence-electron chi connectivity index (χ3n) is 3.74. The summed E-state index contributed by atoms with van der Waals surface area (Å²) in [5, 5.41) is 11.8. The molecule has 0 aliphatic heterocycles. The molecule has 0 aliphatic carbocycles. The second-order valence-corrected chi connectivity index (χ2v) is 6.99. The number of non-ortho nitro benzene ring substituents is 1. The van der Waals surface area contributed by atoms with Crippen LogP contribution in [0.25, 0.3) is 0 Å². The lowest BCUT2D eigenvalue weighted by molar-refractivity contribution is -0.385. The van der Waals surface area contributed by atoms with Crippen molar-refractivity contribution in [2.24, 2.45) is 0 Å². The SMILES string of the molecule is CC(C)c1c(Sc2cccc([N+](=O)[O-])c2)ncn1Cc1ccncc1. The van der Waals surface area contributed by atoms with E-state index < -0.39 is 0 Å². The first-order valence-corrected chi connectivity index (χ1v) is 8.72. The van der Waals surface area contributed by atoms with Gasteiger partial charge in [0.2, 0.25) is 0 Å². The summed E-state index contributed by atoms with van der Waals surface area (Å²) in [6.07, 6.45) is 5.38. The van der Waals surface area contributed by atoms with Crippen molar-refractivity contribution in [2.45, 2.75) is 36.2 Å². The number of nitrogens with zero attached hydrogens (tertiary/aromatic N) is 4. The molecule has 0 spiro atoms. The highest BCUT2D eigenvalue weighted by molar-refractivity contribution is 7.99. The van der Waals surface area contributed by atoms with Gasteiger partial charge in [0.25, 0.3) is 5.69 Å². The van der Waals surface area contributed by atoms with E-state index in [1.165, 1.54) is 17.8 Å². The van der Waals surface area contributed by atoms with Crippen LogP contribution in [0.2, 0.25) is 0 Å². The third kappa shape index (κ3) is 4.06. The van der Waals surface area contributed by atoms with E-state index in [0.29, 0.717) is 0 Å². The van der Waals surface area contributed by atoms with Gasteiger partial charge >= 0.3 is 0 Å². The average Bonchev–Trinajstić information content (AvgIpc) is 2.98. The summed E-state index contributed by atoms with van der Waals surface area (Å²) in [4.78, 5) is 20.0. The van der Waals surface area contributed by atoms with E-state index in [-0.39, 0.29) is 16.5 Å². The zero-order valence-corrected chi connectivity index (χ0v) is 14.8. The summed E-state index contributed by atoms with van der Waals surface area (Å²) in [7, 11) is 0. The molecule has 7 heteroatoms. The lowest BCUT2D eigenvalue weighted by Gasteiger charge is -2.13. The van der Waals surface area contributed by atoms with Crippen molar-refractivity contribution < 1.29 is 4.92 Å². The normalized spacial score (nSPS) is 11.0. The Morgan fingerprint density at radius 3 is 2.68 bits per heavy atom. The molecule has 0 aliphatic rings. The van der Waals surface area contributed by atoms with Gasteiger partial charge in [-0.2, -0.15) is 0 Å². The van der Waals surface area contributed by atoms with Crippen LogP contribution in [0.15, 0.2) is 65.0 Å². The van der Waals surface area contributed by atoms with Crippen LogP contribution in [-0.4, -0.2) is 19.5 Å². The minimum Gasteiger partial charge on any atom is -0.329 e. The molecule has 0 fully saturated rings. The van der Waals surface area contributed by atoms with Gasteiger partial charge in [-0.1, -0.05) is 31.7 Å². The highest BCUT2D eigenvalue weighted by atomic mass is 32.2. The summed E-state index contributed by atoms with van der Waals surface area (Å²) < 4.78 is 2.12. The Balaban J connectivity index is 1.89. The standard InChI is InChI=1S/C18H18N4O2S/c1-13(2)17-18(25-16-5-3-4-15(10-16)22(23)24)20-12-21(17)11-14-6-8-19-9-7-14/h3-10,12-13H,11H2,1-2H3. The number of benzene rings is 1. The monoisotopic (exact) mass is 354 g/mol. The zero-order valence-electron chi connectivity index (χ0n) is 14.0. The number of pyridine rings is 1. The van der Waals surface area contributed by atoms with Gasteiger partial charge in [-0.05, 0) is 29.7 Å². The first-order valence-electron chi connectivity index (χ1n) is 7.91. The second-order valence-electron chi connectivity index (χ2n) is 5.93. The highest BCUT2D eigenvalue weighted by Gasteiger charge is 2.17. The zero-order chi connectivity index (χ0) is 17.8. The molecule has 0 saturated heterocycles. The third-order valence-corrected chi connectivity index (χ3v) is 4.73. The summed E-state index contributed by atoms with van der Waals surface area (Å²) in [6.45, 7) is 4.97. The lowest BCUT2D eigenvalue weighted by atomic mass is 10.1. The van der Waals surface area contributed by atoms with E-state index >= 15 is 0 Å². The van der Waals surface area contributed by atoms with E-state index in [2.05, 4.69) is 28.4 Å². The van der Waals surface area contributed by atoms with Crippen LogP contribution in [0, 0.1) is 10.1 Å². The van der Waals surface area contributed by atoms with Crippen LogP contribution >= 0.6 is 11.8 Å². The van der Waals surface area contributed by atoms with E-state index in [9.17, 15) is 10.1 Å². The maximum absolute atomic E-state index is 11.0. The maximum Gasteiger partial charge on any atom is 0.270 e. The van der Waals surface area contributed by atoms with Crippen LogP contribution in [0.4, 0.5) is 5.69 Å². The molecule has 0 N–H and O–H groups in total. The van der Waals surface area contributed by atoms with Crippen molar-refractivity contribution in [2.75, 3.05) is 0 Å². The number of hydrogen-bond donors (Lipinski definition) is 0. The van der Waals surface area contributed by atoms with Gasteiger partial charge in [0.05, 0.1) is 16.9 Å². The van der Waals surface area contributed by atoms with Crippen molar-refractivity contribution in [3.63, 3.8) is 0 Å². The molecule has 0 saturated carbocycles. The van der Waals surface area contributed by atoms with E-state index in [1.54, 1.807) is 24.5 Å². The number of nitro benzene ring substituents is 1. The molecule has 3 rings (SSSR count). The van der Waals surface area contributed by atoms with Crippen LogP contribution < -0.4 is 0 Å². The van der Waals surface area contributed by atoms with Crippen molar-refractivity contribution in [1.29, 1.82) is 0 Å². The van der Waals surface area contributed by atoms with Crippen molar-refractivity contribution in [3.8, 4) is 0 Å². The molecule has 6 nitrogen and oxygen atoms in total. The first-order chi connectivity index (χ1) is 12.0. The van der Waals surface area contributed by atoms with E-state index in [0.717, 1.165) is 27.7 Å². The van der Waals surface area contributed by atoms with Gasteiger partial charge in [-0.3, -0.25) is 15.1 Å². The van der Waals surface area contributed by atoms with Gasteiger partial charge in [-0.25, -0.2) is 4.98 Å². The summed E-state index contributed by atoms with van der Waals surface area (Å²) in [6, 6.07) is 10.6. The fraction of sp³-hybridized carbons (Fsp3) is 0.222. The Morgan fingerprint density at radius 1 is 1.24 bits per heavy atom. The number of nitro groups is 1. The van der Waals surface area contributed by atoms with Crippen LogP contribution in [0.3, 0.4) is 0 Å². The summed E-state index contributed by atoms with van der Waals surface area (Å²) in [5.41, 5.74) is 2.36. The summed E-state index contributed by atoms with van der Waals surface area (Å²) >= 11 is 1.46. The van der Waals surface area contributed by atoms with Gasteiger partial charge in [0.1, 0.15) is 5.03 Å². The van der Waals surface area contributed by atoms with E-state index in [4.69, 9.17) is 0 Å². The van der Waals surface area contributed by atoms with Crippen LogP contribution in [-0.2, 0) is 6.54 Å². The second kappa shape index (κ2) is 7.48. The maximum atomic E-state index is 11.0. The molecule has 0 bridgehead atoms. The Labute approximate surface area is 150 Å². The highest BCUT2D eigenvalue weighted by Crippen LogP contribution is 2.34. The molecular weight excluding hydrogens is 336 g/mol. The van der Waals surface area contributed by atoms with Gasteiger partial charge in [-0.15, -0.1) is 0 Å². The molecular formula is C18H18N4O2S. The molecule has 2 heterocycles. The van der Waals surface area contributed by atoms with Crippen LogP contribution in [0.1, 0.15) is 31.0 Å². The minimum absolute atomic E-state index is 0.0901. The Bertz CT molecular complexity index is 878. The van der Waals surface area contributed by atoms with Gasteiger partial charge in [0, 0.05) is 36.0 Å². The smallest absolute Gasteiger partial charge is 0.270 e. The average molecular weight is 354 g/mol. The van der Waals surface area contributed by atoms with Crippen LogP contribution in [0.5, 0.6) is 0 Å². The molecule has 0 unspecified atom stereocenters. The topological polar surface area (TPSA) is 73.8 Å². The molecule has 0 radical (unpaired) electrons. The molecule has 0 atom stereocenters. The number of hydrogen-bond acceptors (Lipinski definition) is 5. The van der Waals surface area contributed by atoms with Crippen molar-refractivity contribution in [1.82, 2.24) is 14.5 Å². The fourth-order valence-corrected chi connectivity index (χ4v) is 3.72. The lowest BCUT2D eigenvalue weighted by Crippen LogP contribution is -2.05. The number of rotatable bonds is 6. The fourth-order valence-electron chi connectivity index (χ4n) is 2.61. The predicted molar refractivity (Wildman–Crippen MR) is 96.9 cm³/mol. The van der Waals surface area contributed by atoms with Gasteiger partial charge in [0.15, 0.2) is 0 Å². The molecule has 128 valence electrons. The first kappa shape index (κ1) is 17.2. The van der Waals surface area contributed by atoms with Crippen molar-refractivity contribution >= 4 is 17.4 Å². The molecule has 1 aromatic carbocycles. The van der Waals surface area contributed by atoms with Crippen molar-refractivity contribution in [3.05, 3.63) is 76.5 Å². The molecule has 2 aromatic heterocycles. The molecule has 0 amide bonds. The Kier molecular flexibility index (Phi) is 5.14. The largest absolute Gasteiger partial charge is 0.329 e. The minimum atomic E-state index is -0.380. The predicted octanol–water partition coefficient (Wildman–Crippen LogP) is 4.51. The van der Waals surface area contributed by atoms with E-state index in [1.807, 2.05) is 24.5 Å². The number of aromatic nitrogens is 3. The van der Waals surface area contributed by atoms with Gasteiger partial charge < -0.3 is 4.57 Å². The quantitative estimate of drug-likeness (QED) is 0.481.